The molecule has 1 heterocycles. The van der Waals surface area contributed by atoms with E-state index in [1.807, 2.05) is 0 Å². The minimum absolute atomic E-state index is 0.193. The van der Waals surface area contributed by atoms with Crippen LogP contribution in [0, 0.1) is 0 Å². The highest BCUT2D eigenvalue weighted by Gasteiger charge is 2.08. The molecule has 0 radical (unpaired) electrons. The molecule has 0 aliphatic heterocycles. The minimum Gasteiger partial charge on any atom is -0.482 e. The van der Waals surface area contributed by atoms with Crippen molar-refractivity contribution in [2.24, 2.45) is 5.73 Å². The van der Waals surface area contributed by atoms with E-state index in [4.69, 9.17) is 26.8 Å². The molecule has 0 aliphatic carbocycles. The summed E-state index contributed by atoms with van der Waals surface area (Å²) in [4.78, 5) is 27.3. The maximum absolute atomic E-state index is 12.0. The molecule has 0 unspecified atom stereocenters. The van der Waals surface area contributed by atoms with Gasteiger partial charge in [-0.3, -0.25) is 9.59 Å². The Hall–Kier alpha value is -3.58. The number of ether oxygens (including phenoxy) is 2. The lowest BCUT2D eigenvalue weighted by Gasteiger charge is -2.09. The van der Waals surface area contributed by atoms with Crippen molar-refractivity contribution < 1.29 is 19.1 Å². The van der Waals surface area contributed by atoms with Gasteiger partial charge >= 0.3 is 0 Å². The molecule has 2 amide bonds. The first-order valence-electron chi connectivity index (χ1n) is 8.22. The van der Waals surface area contributed by atoms with E-state index in [0.717, 1.165) is 0 Å². The number of anilines is 1. The summed E-state index contributed by atoms with van der Waals surface area (Å²) < 4.78 is 11.0. The monoisotopic (exact) mass is 397 g/mol. The first-order chi connectivity index (χ1) is 13.5. The van der Waals surface area contributed by atoms with E-state index >= 15 is 0 Å². The summed E-state index contributed by atoms with van der Waals surface area (Å²) >= 11 is 5.97. The lowest BCUT2D eigenvalue weighted by atomic mass is 10.2. The highest BCUT2D eigenvalue weighted by atomic mass is 35.5. The van der Waals surface area contributed by atoms with E-state index in [-0.39, 0.29) is 12.5 Å². The van der Waals surface area contributed by atoms with E-state index in [1.165, 1.54) is 12.3 Å². The fourth-order valence-corrected chi connectivity index (χ4v) is 2.44. The van der Waals surface area contributed by atoms with Crippen molar-refractivity contribution in [3.63, 3.8) is 0 Å². The average molecular weight is 398 g/mol. The molecule has 142 valence electrons. The molecular weight excluding hydrogens is 382 g/mol. The molecule has 0 atom stereocenters. The SMILES string of the molecule is NC(=O)c1cccc(Oc2ccc(NC(=O)COc3ccccc3Cl)cn2)c1. The Bertz CT molecular complexity index is 993. The van der Waals surface area contributed by atoms with Crippen molar-refractivity contribution in [1.82, 2.24) is 4.98 Å². The van der Waals surface area contributed by atoms with Crippen LogP contribution in [0.4, 0.5) is 5.69 Å². The summed E-state index contributed by atoms with van der Waals surface area (Å²) in [6, 6.07) is 16.5. The van der Waals surface area contributed by atoms with Crippen molar-refractivity contribution in [2.45, 2.75) is 0 Å². The number of hydrogen-bond acceptors (Lipinski definition) is 5. The van der Waals surface area contributed by atoms with Crippen molar-refractivity contribution in [2.75, 3.05) is 11.9 Å². The quantitative estimate of drug-likeness (QED) is 0.633. The molecule has 3 rings (SSSR count). The normalized spacial score (nSPS) is 10.2. The van der Waals surface area contributed by atoms with E-state index in [1.54, 1.807) is 54.6 Å². The number of para-hydroxylation sites is 1. The topological polar surface area (TPSA) is 104 Å². The molecule has 3 aromatic rings. The van der Waals surface area contributed by atoms with Crippen molar-refractivity contribution in [3.05, 3.63) is 77.4 Å². The van der Waals surface area contributed by atoms with Gasteiger partial charge in [-0.25, -0.2) is 4.98 Å². The van der Waals surface area contributed by atoms with Crippen LogP contribution in [0.3, 0.4) is 0 Å². The van der Waals surface area contributed by atoms with Gasteiger partial charge in [-0.15, -0.1) is 0 Å². The second kappa shape index (κ2) is 8.88. The Balaban J connectivity index is 1.55. The third kappa shape index (κ3) is 5.21. The summed E-state index contributed by atoms with van der Waals surface area (Å²) in [6.45, 7) is -0.193. The maximum Gasteiger partial charge on any atom is 0.262 e. The number of primary amides is 1. The van der Waals surface area contributed by atoms with Gasteiger partial charge < -0.3 is 20.5 Å². The van der Waals surface area contributed by atoms with Gasteiger partial charge in [0, 0.05) is 11.6 Å². The lowest BCUT2D eigenvalue weighted by molar-refractivity contribution is -0.118. The molecular formula is C20H16ClN3O4. The van der Waals surface area contributed by atoms with Gasteiger partial charge in [-0.05, 0) is 36.4 Å². The van der Waals surface area contributed by atoms with Gasteiger partial charge in [0.05, 0.1) is 16.9 Å². The van der Waals surface area contributed by atoms with Crippen LogP contribution in [0.1, 0.15) is 10.4 Å². The summed E-state index contributed by atoms with van der Waals surface area (Å²) in [5.41, 5.74) is 6.06. The average Bonchev–Trinajstić information content (AvgIpc) is 2.69. The molecule has 7 nitrogen and oxygen atoms in total. The Morgan fingerprint density at radius 2 is 1.89 bits per heavy atom. The second-order valence-corrected chi connectivity index (χ2v) is 6.05. The zero-order valence-electron chi connectivity index (χ0n) is 14.6. The first kappa shape index (κ1) is 19.2. The van der Waals surface area contributed by atoms with Gasteiger partial charge in [-0.1, -0.05) is 29.8 Å². The number of carbonyl (C=O) groups excluding carboxylic acids is 2. The molecule has 3 N–H and O–H groups in total. The van der Waals surface area contributed by atoms with E-state index < -0.39 is 5.91 Å². The highest BCUT2D eigenvalue weighted by molar-refractivity contribution is 6.32. The highest BCUT2D eigenvalue weighted by Crippen LogP contribution is 2.23. The summed E-state index contributed by atoms with van der Waals surface area (Å²) in [5, 5.41) is 3.09. The van der Waals surface area contributed by atoms with E-state index in [9.17, 15) is 9.59 Å². The standard InChI is InChI=1S/C20H16ClN3O4/c21-16-6-1-2-7-17(16)27-12-18(25)24-14-8-9-19(23-11-14)28-15-5-3-4-13(10-15)20(22)26/h1-11H,12H2,(H2,22,26)(H,24,25). The molecule has 28 heavy (non-hydrogen) atoms. The molecule has 0 saturated heterocycles. The number of pyridine rings is 1. The molecule has 0 saturated carbocycles. The van der Waals surface area contributed by atoms with Gasteiger partial charge in [0.2, 0.25) is 11.8 Å². The number of nitrogens with one attached hydrogen (secondary N) is 1. The molecule has 8 heteroatoms. The number of amides is 2. The zero-order chi connectivity index (χ0) is 19.9. The number of rotatable bonds is 7. The van der Waals surface area contributed by atoms with Crippen LogP contribution >= 0.6 is 11.6 Å². The van der Waals surface area contributed by atoms with Crippen LogP contribution in [0.2, 0.25) is 5.02 Å². The Labute approximate surface area is 166 Å². The number of halogens is 1. The van der Waals surface area contributed by atoms with Crippen LogP contribution in [0.15, 0.2) is 66.9 Å². The van der Waals surface area contributed by atoms with Crippen molar-refractivity contribution in [1.29, 1.82) is 0 Å². The molecule has 0 spiro atoms. The number of benzene rings is 2. The molecule has 2 aromatic carbocycles. The maximum atomic E-state index is 12.0. The fourth-order valence-electron chi connectivity index (χ4n) is 2.25. The van der Waals surface area contributed by atoms with Gasteiger partial charge in [0.25, 0.3) is 5.91 Å². The Morgan fingerprint density at radius 3 is 2.61 bits per heavy atom. The number of nitrogens with zero attached hydrogens (tertiary/aromatic N) is 1. The van der Waals surface area contributed by atoms with Crippen LogP contribution in [0.5, 0.6) is 17.4 Å². The van der Waals surface area contributed by atoms with Gasteiger partial charge in [-0.2, -0.15) is 0 Å². The van der Waals surface area contributed by atoms with Crippen molar-refractivity contribution >= 4 is 29.1 Å². The van der Waals surface area contributed by atoms with Gasteiger partial charge in [0.1, 0.15) is 11.5 Å². The fraction of sp³-hybridized carbons (Fsp3) is 0.0500. The smallest absolute Gasteiger partial charge is 0.262 e. The van der Waals surface area contributed by atoms with Crippen LogP contribution in [-0.4, -0.2) is 23.4 Å². The largest absolute Gasteiger partial charge is 0.482 e. The number of hydrogen-bond donors (Lipinski definition) is 2. The number of carbonyl (C=O) groups is 2. The van der Waals surface area contributed by atoms with E-state index in [0.29, 0.717) is 33.7 Å². The molecule has 0 aliphatic rings. The first-order valence-corrected chi connectivity index (χ1v) is 8.60. The predicted octanol–water partition coefficient (Wildman–Crippen LogP) is 3.64. The van der Waals surface area contributed by atoms with Gasteiger partial charge in [0.15, 0.2) is 6.61 Å². The zero-order valence-corrected chi connectivity index (χ0v) is 15.3. The number of nitrogens with two attached hydrogens (primary N) is 1. The predicted molar refractivity (Wildman–Crippen MR) is 105 cm³/mol. The summed E-state index contributed by atoms with van der Waals surface area (Å²) in [6.07, 6.45) is 1.45. The summed E-state index contributed by atoms with van der Waals surface area (Å²) in [5.74, 6) is 0.250. The third-order valence-corrected chi connectivity index (χ3v) is 3.87. The second-order valence-electron chi connectivity index (χ2n) is 5.65. The Kier molecular flexibility index (Phi) is 6.08. The van der Waals surface area contributed by atoms with Crippen molar-refractivity contribution in [3.8, 4) is 17.4 Å². The van der Waals surface area contributed by atoms with E-state index in [2.05, 4.69) is 10.3 Å². The van der Waals surface area contributed by atoms with Crippen LogP contribution < -0.4 is 20.5 Å². The number of aromatic nitrogens is 1. The molecule has 0 fully saturated rings. The molecule has 1 aromatic heterocycles. The lowest BCUT2D eigenvalue weighted by Crippen LogP contribution is -2.20. The molecule has 0 bridgehead atoms. The Morgan fingerprint density at radius 1 is 1.07 bits per heavy atom. The van der Waals surface area contributed by atoms with Crippen LogP contribution in [0.25, 0.3) is 0 Å². The third-order valence-electron chi connectivity index (χ3n) is 3.56. The summed E-state index contributed by atoms with van der Waals surface area (Å²) in [7, 11) is 0. The minimum atomic E-state index is -0.546. The van der Waals surface area contributed by atoms with Crippen LogP contribution in [-0.2, 0) is 4.79 Å².